The molecule has 1 heterocycles. The summed E-state index contributed by atoms with van der Waals surface area (Å²) in [4.78, 5) is 14.6. The summed E-state index contributed by atoms with van der Waals surface area (Å²) in [6, 6.07) is 10.6. The Labute approximate surface area is 144 Å². The molecule has 1 aliphatic heterocycles. The van der Waals surface area contributed by atoms with Crippen LogP contribution in [0, 0.1) is 0 Å². The van der Waals surface area contributed by atoms with Gasteiger partial charge in [-0.05, 0) is 24.8 Å². The Bertz CT molecular complexity index is 517. The van der Waals surface area contributed by atoms with Crippen molar-refractivity contribution in [2.45, 2.75) is 56.7 Å². The van der Waals surface area contributed by atoms with Gasteiger partial charge in [-0.1, -0.05) is 43.2 Å². The van der Waals surface area contributed by atoms with Crippen molar-refractivity contribution >= 4 is 6.03 Å². The largest absolute Gasteiger partial charge is 0.391 e. The topological polar surface area (TPSA) is 64.6 Å². The van der Waals surface area contributed by atoms with Crippen LogP contribution in [0.2, 0.25) is 0 Å². The minimum Gasteiger partial charge on any atom is -0.391 e. The Hall–Kier alpha value is -1.59. The number of benzene rings is 1. The quantitative estimate of drug-likeness (QED) is 0.746. The minimum atomic E-state index is -0.559. The smallest absolute Gasteiger partial charge is 0.315 e. The van der Waals surface area contributed by atoms with Crippen LogP contribution in [0.15, 0.2) is 30.3 Å². The van der Waals surface area contributed by atoms with Gasteiger partial charge in [-0.25, -0.2) is 4.79 Å². The second-order valence-electron chi connectivity index (χ2n) is 7.12. The van der Waals surface area contributed by atoms with Gasteiger partial charge in [0.05, 0.1) is 6.10 Å². The van der Waals surface area contributed by atoms with E-state index in [1.807, 2.05) is 30.3 Å². The Morgan fingerprint density at radius 3 is 2.71 bits per heavy atom. The maximum absolute atomic E-state index is 12.0. The number of nitrogens with zero attached hydrogens (tertiary/aromatic N) is 1. The summed E-state index contributed by atoms with van der Waals surface area (Å²) >= 11 is 0. The zero-order valence-electron chi connectivity index (χ0n) is 14.3. The molecule has 0 bridgehead atoms. The van der Waals surface area contributed by atoms with Crippen LogP contribution in [-0.2, 0) is 6.42 Å². The molecule has 1 saturated carbocycles. The van der Waals surface area contributed by atoms with Gasteiger partial charge in [-0.15, -0.1) is 0 Å². The average molecular weight is 331 g/mol. The lowest BCUT2D eigenvalue weighted by atomic mass is 10.1. The van der Waals surface area contributed by atoms with Gasteiger partial charge >= 0.3 is 6.03 Å². The maximum atomic E-state index is 12.0. The zero-order chi connectivity index (χ0) is 16.8. The predicted molar refractivity (Wildman–Crippen MR) is 94.9 cm³/mol. The molecule has 0 aromatic heterocycles. The van der Waals surface area contributed by atoms with Crippen molar-refractivity contribution in [3.05, 3.63) is 35.9 Å². The molecule has 0 radical (unpaired) electrons. The highest BCUT2D eigenvalue weighted by Gasteiger charge is 2.30. The summed E-state index contributed by atoms with van der Waals surface area (Å²) in [6.45, 7) is 2.33. The Balaban J connectivity index is 1.34. The number of aliphatic hydroxyl groups is 1. The van der Waals surface area contributed by atoms with E-state index in [0.29, 0.717) is 6.42 Å². The Morgan fingerprint density at radius 2 is 1.96 bits per heavy atom. The van der Waals surface area contributed by atoms with Gasteiger partial charge in [0.15, 0.2) is 0 Å². The maximum Gasteiger partial charge on any atom is 0.315 e. The first-order chi connectivity index (χ1) is 11.7. The predicted octanol–water partition coefficient (Wildman–Crippen LogP) is 1.91. The average Bonchev–Trinajstić information content (AvgIpc) is 3.25. The number of likely N-dealkylation sites (tertiary alicyclic amines) is 1. The second kappa shape index (κ2) is 8.49. The van der Waals surface area contributed by atoms with Gasteiger partial charge < -0.3 is 15.7 Å². The van der Waals surface area contributed by atoms with E-state index in [0.717, 1.165) is 31.1 Å². The first-order valence-corrected chi connectivity index (χ1v) is 9.21. The monoisotopic (exact) mass is 331 g/mol. The highest BCUT2D eigenvalue weighted by molar-refractivity contribution is 5.74. The summed E-state index contributed by atoms with van der Waals surface area (Å²) in [6.07, 6.45) is 6.33. The summed E-state index contributed by atoms with van der Waals surface area (Å²) in [5.74, 6) is 0. The van der Waals surface area contributed by atoms with E-state index in [1.165, 1.54) is 25.7 Å². The molecule has 5 nitrogen and oxygen atoms in total. The molecule has 3 rings (SSSR count). The van der Waals surface area contributed by atoms with Crippen molar-refractivity contribution < 1.29 is 9.90 Å². The number of rotatable bonds is 6. The molecule has 1 aromatic carbocycles. The molecular weight excluding hydrogens is 302 g/mol. The van der Waals surface area contributed by atoms with E-state index in [9.17, 15) is 9.90 Å². The lowest BCUT2D eigenvalue weighted by Crippen LogP contribution is -2.46. The molecule has 2 aliphatic rings. The van der Waals surface area contributed by atoms with Crippen LogP contribution in [0.5, 0.6) is 0 Å². The number of aliphatic hydroxyl groups excluding tert-OH is 1. The van der Waals surface area contributed by atoms with E-state index < -0.39 is 6.10 Å². The lowest BCUT2D eigenvalue weighted by molar-refractivity contribution is 0.169. The van der Waals surface area contributed by atoms with Crippen molar-refractivity contribution in [2.24, 2.45) is 0 Å². The number of hydrogen-bond acceptors (Lipinski definition) is 3. The molecule has 5 heteroatoms. The number of carbonyl (C=O) groups is 1. The van der Waals surface area contributed by atoms with E-state index >= 15 is 0 Å². The standard InChI is InChI=1S/C19H29N3O2/c23-18(12-15-6-2-1-3-7-15)13-20-19(24)21-16-10-11-22(14-16)17-8-4-5-9-17/h1-3,6-7,16-18,23H,4-5,8-14H2,(H2,20,21,24). The third kappa shape index (κ3) is 4.95. The van der Waals surface area contributed by atoms with Crippen LogP contribution in [0.25, 0.3) is 0 Å². The SMILES string of the molecule is O=C(NCC(O)Cc1ccccc1)NC1CCN(C2CCCC2)C1. The number of nitrogens with one attached hydrogen (secondary N) is 2. The third-order valence-corrected chi connectivity index (χ3v) is 5.21. The molecule has 24 heavy (non-hydrogen) atoms. The fourth-order valence-corrected chi connectivity index (χ4v) is 3.91. The first-order valence-electron chi connectivity index (χ1n) is 9.21. The van der Waals surface area contributed by atoms with Crippen LogP contribution in [0.3, 0.4) is 0 Å². The number of urea groups is 1. The van der Waals surface area contributed by atoms with Crippen molar-refractivity contribution in [1.82, 2.24) is 15.5 Å². The van der Waals surface area contributed by atoms with Gasteiger partial charge in [0.2, 0.25) is 0 Å². The van der Waals surface area contributed by atoms with Crippen molar-refractivity contribution in [1.29, 1.82) is 0 Å². The van der Waals surface area contributed by atoms with Crippen LogP contribution >= 0.6 is 0 Å². The van der Waals surface area contributed by atoms with E-state index in [-0.39, 0.29) is 18.6 Å². The molecule has 2 unspecified atom stereocenters. The zero-order valence-corrected chi connectivity index (χ0v) is 14.3. The van der Waals surface area contributed by atoms with Gasteiger partial charge in [-0.3, -0.25) is 4.90 Å². The van der Waals surface area contributed by atoms with Gasteiger partial charge in [0, 0.05) is 38.1 Å². The lowest BCUT2D eigenvalue weighted by Gasteiger charge is -2.23. The molecule has 0 spiro atoms. The van der Waals surface area contributed by atoms with Crippen LogP contribution in [0.4, 0.5) is 4.79 Å². The molecule has 1 aliphatic carbocycles. The number of carbonyl (C=O) groups excluding carboxylic acids is 1. The molecule has 2 atom stereocenters. The molecule has 3 N–H and O–H groups in total. The fraction of sp³-hybridized carbons (Fsp3) is 0.632. The molecule has 1 aromatic rings. The van der Waals surface area contributed by atoms with Crippen LogP contribution in [-0.4, -0.2) is 53.9 Å². The number of amides is 2. The highest BCUT2D eigenvalue weighted by Crippen LogP contribution is 2.26. The van der Waals surface area contributed by atoms with Crippen molar-refractivity contribution in [2.75, 3.05) is 19.6 Å². The van der Waals surface area contributed by atoms with Crippen molar-refractivity contribution in [3.63, 3.8) is 0 Å². The summed E-state index contributed by atoms with van der Waals surface area (Å²) in [5, 5.41) is 15.9. The number of hydrogen-bond donors (Lipinski definition) is 3. The Kier molecular flexibility index (Phi) is 6.10. The Morgan fingerprint density at radius 1 is 1.21 bits per heavy atom. The van der Waals surface area contributed by atoms with Gasteiger partial charge in [-0.2, -0.15) is 0 Å². The second-order valence-corrected chi connectivity index (χ2v) is 7.12. The molecular formula is C19H29N3O2. The van der Waals surface area contributed by atoms with E-state index in [2.05, 4.69) is 15.5 Å². The van der Waals surface area contributed by atoms with E-state index in [1.54, 1.807) is 0 Å². The van der Waals surface area contributed by atoms with Crippen LogP contribution < -0.4 is 10.6 Å². The highest BCUT2D eigenvalue weighted by atomic mass is 16.3. The molecule has 2 fully saturated rings. The molecule has 132 valence electrons. The minimum absolute atomic E-state index is 0.166. The fourth-order valence-electron chi connectivity index (χ4n) is 3.91. The van der Waals surface area contributed by atoms with Gasteiger partial charge in [0.25, 0.3) is 0 Å². The van der Waals surface area contributed by atoms with Crippen molar-refractivity contribution in [3.8, 4) is 0 Å². The normalized spacial score (nSPS) is 23.3. The summed E-state index contributed by atoms with van der Waals surface area (Å²) < 4.78 is 0. The first kappa shape index (κ1) is 17.2. The molecule has 2 amide bonds. The summed E-state index contributed by atoms with van der Waals surface area (Å²) in [5.41, 5.74) is 1.08. The molecule has 1 saturated heterocycles. The third-order valence-electron chi connectivity index (χ3n) is 5.21. The van der Waals surface area contributed by atoms with Gasteiger partial charge in [0.1, 0.15) is 0 Å². The van der Waals surface area contributed by atoms with Crippen LogP contribution in [0.1, 0.15) is 37.7 Å². The summed E-state index contributed by atoms with van der Waals surface area (Å²) in [7, 11) is 0. The van der Waals surface area contributed by atoms with E-state index in [4.69, 9.17) is 0 Å².